The molecule has 0 aliphatic carbocycles. The van der Waals surface area contributed by atoms with Crippen molar-refractivity contribution >= 4 is 10.9 Å². The zero-order chi connectivity index (χ0) is 9.54. The second kappa shape index (κ2) is 2.85. The molecule has 1 aliphatic heterocycles. The predicted molar refractivity (Wildman–Crippen MR) is 58.3 cm³/mol. The quantitative estimate of drug-likeness (QED) is 0.722. The molecule has 1 aromatic heterocycles. The first-order valence-corrected chi connectivity index (χ1v) is 5.13. The monoisotopic (exact) mass is 186 g/mol. The van der Waals surface area contributed by atoms with Gasteiger partial charge in [-0.3, -0.25) is 0 Å². The van der Waals surface area contributed by atoms with E-state index in [1.54, 1.807) is 0 Å². The minimum absolute atomic E-state index is 0.584. The number of aryl methyl sites for hydroxylation is 1. The average Bonchev–Trinajstić information content (AvgIpc) is 2.43. The van der Waals surface area contributed by atoms with Gasteiger partial charge in [0.25, 0.3) is 0 Å². The summed E-state index contributed by atoms with van der Waals surface area (Å²) >= 11 is 0. The summed E-state index contributed by atoms with van der Waals surface area (Å²) in [5, 5.41) is 4.85. The lowest BCUT2D eigenvalue weighted by Gasteiger charge is -2.27. The molecule has 0 amide bonds. The number of hydrogen-bond acceptors (Lipinski definition) is 1. The van der Waals surface area contributed by atoms with Crippen LogP contribution < -0.4 is 5.32 Å². The number of hydrogen-bond donors (Lipinski definition) is 1. The van der Waals surface area contributed by atoms with E-state index in [9.17, 15) is 0 Å². The fraction of sp³-hybridized carbons (Fsp3) is 0.333. The van der Waals surface area contributed by atoms with Crippen molar-refractivity contribution in [3.63, 3.8) is 0 Å². The molecule has 1 aromatic carbocycles. The molecule has 1 atom stereocenters. The van der Waals surface area contributed by atoms with Crippen molar-refractivity contribution < 1.29 is 0 Å². The topological polar surface area (TPSA) is 17.0 Å². The van der Waals surface area contributed by atoms with E-state index < -0.39 is 0 Å². The molecule has 0 saturated carbocycles. The molecular formula is C12H14N2. The molecule has 2 aromatic rings. The molecule has 1 unspecified atom stereocenters. The van der Waals surface area contributed by atoms with Crippen LogP contribution in [0.1, 0.15) is 18.0 Å². The maximum absolute atomic E-state index is 3.45. The number of nitrogens with zero attached hydrogens (tertiary/aromatic N) is 1. The van der Waals surface area contributed by atoms with Gasteiger partial charge in [0.2, 0.25) is 0 Å². The highest BCUT2D eigenvalue weighted by Gasteiger charge is 2.21. The Bertz CT molecular complexity index is 466. The number of rotatable bonds is 1. The Morgan fingerprint density at radius 1 is 1.36 bits per heavy atom. The van der Waals surface area contributed by atoms with Gasteiger partial charge in [-0.2, -0.15) is 0 Å². The molecule has 2 heterocycles. The third kappa shape index (κ3) is 1.01. The maximum atomic E-state index is 3.45. The van der Waals surface area contributed by atoms with E-state index >= 15 is 0 Å². The van der Waals surface area contributed by atoms with Crippen molar-refractivity contribution in [3.8, 4) is 0 Å². The minimum Gasteiger partial charge on any atom is -0.350 e. The maximum Gasteiger partial charge on any atom is 0.0481 e. The lowest BCUT2D eigenvalue weighted by molar-refractivity contribution is 0.385. The van der Waals surface area contributed by atoms with E-state index in [-0.39, 0.29) is 0 Å². The Hall–Kier alpha value is -1.28. The molecule has 72 valence electrons. The van der Waals surface area contributed by atoms with Crippen molar-refractivity contribution in [3.05, 3.63) is 36.0 Å². The first-order chi connectivity index (χ1) is 6.86. The lowest BCUT2D eigenvalue weighted by atomic mass is 9.98. The minimum atomic E-state index is 0.584. The van der Waals surface area contributed by atoms with Gasteiger partial charge in [0.1, 0.15) is 0 Å². The van der Waals surface area contributed by atoms with Crippen LogP contribution in [0.15, 0.2) is 30.5 Å². The highest BCUT2D eigenvalue weighted by atomic mass is 15.0. The molecule has 14 heavy (non-hydrogen) atoms. The molecule has 1 aliphatic rings. The van der Waals surface area contributed by atoms with Crippen molar-refractivity contribution in [1.29, 1.82) is 0 Å². The summed E-state index contributed by atoms with van der Waals surface area (Å²) in [7, 11) is 2.12. The summed E-state index contributed by atoms with van der Waals surface area (Å²) in [5.41, 5.74) is 2.78. The molecule has 0 radical (unpaired) electrons. The summed E-state index contributed by atoms with van der Waals surface area (Å²) in [5.74, 6) is 0. The van der Waals surface area contributed by atoms with Crippen LogP contribution in [-0.2, 0) is 7.05 Å². The molecule has 3 rings (SSSR count). The molecule has 1 saturated heterocycles. The van der Waals surface area contributed by atoms with Crippen molar-refractivity contribution in [1.82, 2.24) is 9.88 Å². The predicted octanol–water partition coefficient (Wildman–Crippen LogP) is 2.21. The standard InChI is InChI=1S/C12H14N2/c1-14-8-10(11-6-7-13-11)9-4-2-3-5-12(9)14/h2-5,8,11,13H,6-7H2,1H3. The number of aromatic nitrogens is 1. The lowest BCUT2D eigenvalue weighted by Crippen LogP contribution is -2.34. The summed E-state index contributed by atoms with van der Waals surface area (Å²) in [6.45, 7) is 1.16. The van der Waals surface area contributed by atoms with Gasteiger partial charge < -0.3 is 9.88 Å². The van der Waals surface area contributed by atoms with Gasteiger partial charge in [0, 0.05) is 30.2 Å². The molecule has 0 bridgehead atoms. The molecule has 1 fully saturated rings. The van der Waals surface area contributed by atoms with Crippen LogP contribution in [0.25, 0.3) is 10.9 Å². The van der Waals surface area contributed by atoms with Gasteiger partial charge in [-0.1, -0.05) is 18.2 Å². The Morgan fingerprint density at radius 3 is 2.86 bits per heavy atom. The second-order valence-corrected chi connectivity index (χ2v) is 4.01. The Kier molecular flexibility index (Phi) is 1.64. The van der Waals surface area contributed by atoms with Crippen molar-refractivity contribution in [2.24, 2.45) is 7.05 Å². The van der Waals surface area contributed by atoms with E-state index in [4.69, 9.17) is 0 Å². The first-order valence-electron chi connectivity index (χ1n) is 5.13. The fourth-order valence-electron chi connectivity index (χ4n) is 2.20. The van der Waals surface area contributed by atoms with Crippen LogP contribution in [0.5, 0.6) is 0 Å². The van der Waals surface area contributed by atoms with Gasteiger partial charge >= 0.3 is 0 Å². The van der Waals surface area contributed by atoms with Crippen molar-refractivity contribution in [2.75, 3.05) is 6.54 Å². The summed E-state index contributed by atoms with van der Waals surface area (Å²) < 4.78 is 2.21. The first kappa shape index (κ1) is 8.06. The SMILES string of the molecule is Cn1cc(C2CCN2)c2ccccc21. The largest absolute Gasteiger partial charge is 0.350 e. The van der Waals surface area contributed by atoms with Crippen LogP contribution in [0.4, 0.5) is 0 Å². The highest BCUT2D eigenvalue weighted by Crippen LogP contribution is 2.30. The van der Waals surface area contributed by atoms with Gasteiger partial charge in [-0.15, -0.1) is 0 Å². The van der Waals surface area contributed by atoms with Crippen LogP contribution in [0, 0.1) is 0 Å². The third-order valence-electron chi connectivity index (χ3n) is 3.13. The molecule has 2 heteroatoms. The number of para-hydroxylation sites is 1. The van der Waals surface area contributed by atoms with E-state index in [1.165, 1.54) is 22.9 Å². The van der Waals surface area contributed by atoms with E-state index in [0.29, 0.717) is 6.04 Å². The van der Waals surface area contributed by atoms with Gasteiger partial charge in [0.05, 0.1) is 0 Å². The number of fused-ring (bicyclic) bond motifs is 1. The van der Waals surface area contributed by atoms with Gasteiger partial charge in [-0.25, -0.2) is 0 Å². The van der Waals surface area contributed by atoms with E-state index in [2.05, 4.69) is 47.4 Å². The van der Waals surface area contributed by atoms with Gasteiger partial charge in [-0.05, 0) is 24.6 Å². The fourth-order valence-corrected chi connectivity index (χ4v) is 2.20. The molecule has 2 nitrogen and oxygen atoms in total. The van der Waals surface area contributed by atoms with E-state index in [0.717, 1.165) is 6.54 Å². The van der Waals surface area contributed by atoms with Gasteiger partial charge in [0.15, 0.2) is 0 Å². The summed E-state index contributed by atoms with van der Waals surface area (Å²) in [4.78, 5) is 0. The number of benzene rings is 1. The molecule has 1 N–H and O–H groups in total. The second-order valence-electron chi connectivity index (χ2n) is 4.01. The summed E-state index contributed by atoms with van der Waals surface area (Å²) in [6.07, 6.45) is 3.52. The van der Waals surface area contributed by atoms with E-state index in [1.807, 2.05) is 0 Å². The zero-order valence-electron chi connectivity index (χ0n) is 8.33. The third-order valence-corrected chi connectivity index (χ3v) is 3.13. The smallest absolute Gasteiger partial charge is 0.0481 e. The van der Waals surface area contributed by atoms with Crippen LogP contribution in [-0.4, -0.2) is 11.1 Å². The number of nitrogens with one attached hydrogen (secondary N) is 1. The average molecular weight is 186 g/mol. The normalized spacial score (nSPS) is 21.1. The van der Waals surface area contributed by atoms with Crippen LogP contribution in [0.3, 0.4) is 0 Å². The van der Waals surface area contributed by atoms with Crippen LogP contribution >= 0.6 is 0 Å². The Balaban J connectivity index is 2.23. The summed E-state index contributed by atoms with van der Waals surface area (Å²) in [6, 6.07) is 9.19. The Labute approximate surface area is 83.5 Å². The van der Waals surface area contributed by atoms with Crippen molar-refractivity contribution in [2.45, 2.75) is 12.5 Å². The zero-order valence-corrected chi connectivity index (χ0v) is 8.33. The highest BCUT2D eigenvalue weighted by molar-refractivity contribution is 5.84. The van der Waals surface area contributed by atoms with Crippen LogP contribution in [0.2, 0.25) is 0 Å². The molecule has 0 spiro atoms. The molecular weight excluding hydrogens is 172 g/mol. The Morgan fingerprint density at radius 2 is 2.14 bits per heavy atom.